The lowest BCUT2D eigenvalue weighted by Gasteiger charge is -2.13. The number of fused-ring (bicyclic) bond motifs is 6. The van der Waals surface area contributed by atoms with Crippen LogP contribution in [0.15, 0.2) is 146 Å². The molecule has 8 aromatic rings. The summed E-state index contributed by atoms with van der Waals surface area (Å²) < 4.78 is 2.36. The molecule has 3 heteroatoms. The van der Waals surface area contributed by atoms with Crippen molar-refractivity contribution in [2.45, 2.75) is 13.8 Å². The van der Waals surface area contributed by atoms with E-state index in [1.54, 1.807) is 0 Å². The van der Waals surface area contributed by atoms with Gasteiger partial charge in [-0.15, -0.1) is 0 Å². The first-order valence-corrected chi connectivity index (χ1v) is 15.3. The van der Waals surface area contributed by atoms with E-state index >= 15 is 0 Å². The topological polar surface area (TPSA) is 30.7 Å². The molecular weight excluding hydrogens is 546 g/mol. The van der Waals surface area contributed by atoms with Crippen LogP contribution in [-0.2, 0) is 0 Å². The summed E-state index contributed by atoms with van der Waals surface area (Å²) in [6.45, 7) is 8.26. The van der Waals surface area contributed by atoms with Gasteiger partial charge in [0.25, 0.3) is 0 Å². The maximum atomic E-state index is 5.27. The molecule has 0 aliphatic rings. The third-order valence-electron chi connectivity index (χ3n) is 8.73. The second-order valence-electron chi connectivity index (χ2n) is 11.7. The molecule has 0 amide bonds. The van der Waals surface area contributed by atoms with Gasteiger partial charge in [-0.25, -0.2) is 4.98 Å². The van der Waals surface area contributed by atoms with Crippen molar-refractivity contribution in [1.29, 1.82) is 0 Å². The Hall–Kier alpha value is -5.80. The zero-order chi connectivity index (χ0) is 30.5. The molecule has 0 saturated heterocycles. The summed E-state index contributed by atoms with van der Waals surface area (Å²) in [6.07, 6.45) is 6.09. The molecule has 2 heterocycles. The molecule has 45 heavy (non-hydrogen) atoms. The van der Waals surface area contributed by atoms with Gasteiger partial charge in [0.2, 0.25) is 0 Å². The minimum atomic E-state index is 0.844. The lowest BCUT2D eigenvalue weighted by molar-refractivity contribution is 1.18. The number of rotatable bonds is 5. The van der Waals surface area contributed by atoms with Gasteiger partial charge in [-0.2, -0.15) is 0 Å². The first kappa shape index (κ1) is 26.8. The van der Waals surface area contributed by atoms with Gasteiger partial charge in [0.1, 0.15) is 0 Å². The fourth-order valence-corrected chi connectivity index (χ4v) is 6.55. The van der Waals surface area contributed by atoms with E-state index in [1.165, 1.54) is 43.9 Å². The maximum absolute atomic E-state index is 5.27. The lowest BCUT2D eigenvalue weighted by atomic mass is 9.96. The van der Waals surface area contributed by atoms with Gasteiger partial charge in [0, 0.05) is 33.0 Å². The number of aromatic nitrogens is 3. The van der Waals surface area contributed by atoms with Gasteiger partial charge in [-0.1, -0.05) is 115 Å². The Balaban J connectivity index is 1.31. The van der Waals surface area contributed by atoms with E-state index in [0.29, 0.717) is 0 Å². The van der Waals surface area contributed by atoms with Crippen molar-refractivity contribution in [3.63, 3.8) is 0 Å². The zero-order valence-electron chi connectivity index (χ0n) is 25.3. The standard InChI is InChI=1S/C42H31N3/c1-27(2)20-22-34-28(3)33-16-7-8-18-36(33)41-42(34)44-38(26-43-41)31-14-11-15-32(24-31)45-39-19-10-9-17-35(39)37-25-30(21-23-40(37)45)29-12-5-4-6-13-29/h4-26H,1H2,2-3H3. The fraction of sp³-hybridized carbons (Fsp3) is 0.0476. The van der Waals surface area contributed by atoms with Crippen molar-refractivity contribution < 1.29 is 0 Å². The van der Waals surface area contributed by atoms with Gasteiger partial charge >= 0.3 is 0 Å². The predicted molar refractivity (Wildman–Crippen MR) is 191 cm³/mol. The molecule has 0 unspecified atom stereocenters. The Morgan fingerprint density at radius 1 is 0.644 bits per heavy atom. The quantitative estimate of drug-likeness (QED) is 0.150. The minimum Gasteiger partial charge on any atom is -0.309 e. The Morgan fingerprint density at radius 3 is 2.18 bits per heavy atom. The van der Waals surface area contributed by atoms with Crippen LogP contribution in [0.3, 0.4) is 0 Å². The summed E-state index contributed by atoms with van der Waals surface area (Å²) in [7, 11) is 0. The van der Waals surface area contributed by atoms with Crippen LogP contribution < -0.4 is 0 Å². The summed E-state index contributed by atoms with van der Waals surface area (Å²) in [4.78, 5) is 10.3. The molecule has 2 aromatic heterocycles. The number of allylic oxidation sites excluding steroid dienone is 2. The van der Waals surface area contributed by atoms with Crippen LogP contribution in [0.2, 0.25) is 0 Å². The van der Waals surface area contributed by atoms with E-state index in [4.69, 9.17) is 9.97 Å². The number of hydrogen-bond donors (Lipinski definition) is 0. The molecule has 0 fully saturated rings. The van der Waals surface area contributed by atoms with Crippen molar-refractivity contribution >= 4 is 49.7 Å². The highest BCUT2D eigenvalue weighted by atomic mass is 15.0. The molecule has 0 aliphatic carbocycles. The smallest absolute Gasteiger partial charge is 0.0975 e. The van der Waals surface area contributed by atoms with Crippen LogP contribution in [-0.4, -0.2) is 14.5 Å². The Labute approximate surface area is 262 Å². The molecule has 3 nitrogen and oxygen atoms in total. The number of benzene rings is 6. The summed E-state index contributed by atoms with van der Waals surface area (Å²) >= 11 is 0. The van der Waals surface area contributed by atoms with Crippen LogP contribution in [0.25, 0.3) is 77.8 Å². The predicted octanol–water partition coefficient (Wildman–Crippen LogP) is 11.1. The van der Waals surface area contributed by atoms with Crippen molar-refractivity contribution in [3.05, 3.63) is 157 Å². The maximum Gasteiger partial charge on any atom is 0.0975 e. The van der Waals surface area contributed by atoms with Crippen molar-refractivity contribution in [2.75, 3.05) is 0 Å². The molecule has 0 saturated carbocycles. The van der Waals surface area contributed by atoms with Gasteiger partial charge in [0.05, 0.1) is 34.0 Å². The Kier molecular flexibility index (Phi) is 6.39. The average Bonchev–Trinajstić information content (AvgIpc) is 3.42. The Morgan fingerprint density at radius 2 is 1.36 bits per heavy atom. The first-order valence-electron chi connectivity index (χ1n) is 15.3. The summed E-state index contributed by atoms with van der Waals surface area (Å²) in [5.74, 6) is 0. The third kappa shape index (κ3) is 4.52. The number of hydrogen-bond acceptors (Lipinski definition) is 2. The molecule has 0 N–H and O–H groups in total. The van der Waals surface area contributed by atoms with Gasteiger partial charge in [0.15, 0.2) is 0 Å². The molecule has 214 valence electrons. The molecule has 0 aliphatic heterocycles. The van der Waals surface area contributed by atoms with Crippen molar-refractivity contribution in [3.8, 4) is 28.1 Å². The van der Waals surface area contributed by atoms with E-state index in [2.05, 4.69) is 152 Å². The Bertz CT molecular complexity index is 2460. The molecule has 0 radical (unpaired) electrons. The fourth-order valence-electron chi connectivity index (χ4n) is 6.55. The van der Waals surface area contributed by atoms with E-state index in [0.717, 1.165) is 44.5 Å². The highest BCUT2D eigenvalue weighted by Gasteiger charge is 2.16. The highest BCUT2D eigenvalue weighted by molar-refractivity contribution is 6.11. The summed E-state index contributed by atoms with van der Waals surface area (Å²) in [6, 6.07) is 43.1. The molecule has 0 atom stereocenters. The summed E-state index contributed by atoms with van der Waals surface area (Å²) in [5.41, 5.74) is 12.8. The largest absolute Gasteiger partial charge is 0.309 e. The SMILES string of the molecule is C=C(C)C=Cc1c(C)c2ccccc2c2ncc(-c3cccc(-n4c5ccccc5c5cc(-c6ccccc6)ccc54)c3)nc12. The zero-order valence-corrected chi connectivity index (χ0v) is 25.3. The van der Waals surface area contributed by atoms with Crippen LogP contribution in [0, 0.1) is 6.92 Å². The van der Waals surface area contributed by atoms with E-state index in [9.17, 15) is 0 Å². The van der Waals surface area contributed by atoms with E-state index < -0.39 is 0 Å². The summed E-state index contributed by atoms with van der Waals surface area (Å²) in [5, 5.41) is 4.78. The van der Waals surface area contributed by atoms with E-state index in [1.807, 2.05) is 13.1 Å². The van der Waals surface area contributed by atoms with E-state index in [-0.39, 0.29) is 0 Å². The number of aryl methyl sites for hydroxylation is 1. The minimum absolute atomic E-state index is 0.844. The molecular formula is C42H31N3. The average molecular weight is 578 g/mol. The molecule has 0 bridgehead atoms. The van der Waals surface area contributed by atoms with Crippen LogP contribution >= 0.6 is 0 Å². The normalized spacial score (nSPS) is 11.8. The molecule has 8 rings (SSSR count). The number of nitrogens with zero attached hydrogens (tertiary/aromatic N) is 3. The third-order valence-corrected chi connectivity index (χ3v) is 8.73. The van der Waals surface area contributed by atoms with Crippen LogP contribution in [0.1, 0.15) is 18.1 Å². The molecule has 0 spiro atoms. The first-order chi connectivity index (χ1) is 22.1. The van der Waals surface area contributed by atoms with Crippen molar-refractivity contribution in [1.82, 2.24) is 14.5 Å². The second-order valence-corrected chi connectivity index (χ2v) is 11.7. The van der Waals surface area contributed by atoms with Gasteiger partial charge in [-0.3, -0.25) is 4.98 Å². The lowest BCUT2D eigenvalue weighted by Crippen LogP contribution is -1.97. The number of para-hydroxylation sites is 1. The highest BCUT2D eigenvalue weighted by Crippen LogP contribution is 2.37. The monoisotopic (exact) mass is 577 g/mol. The van der Waals surface area contributed by atoms with Gasteiger partial charge < -0.3 is 4.57 Å². The van der Waals surface area contributed by atoms with Gasteiger partial charge in [-0.05, 0) is 66.3 Å². The van der Waals surface area contributed by atoms with Crippen LogP contribution in [0.5, 0.6) is 0 Å². The molecule has 6 aromatic carbocycles. The van der Waals surface area contributed by atoms with Crippen molar-refractivity contribution in [2.24, 2.45) is 0 Å². The van der Waals surface area contributed by atoms with Crippen LogP contribution in [0.4, 0.5) is 0 Å². The second kappa shape index (κ2) is 10.7.